The van der Waals surface area contributed by atoms with Gasteiger partial charge in [0.25, 0.3) is 0 Å². The third kappa shape index (κ3) is 2.19. The molecule has 0 saturated heterocycles. The second-order valence-corrected chi connectivity index (χ2v) is 4.06. The molecule has 2 rings (SSSR count). The summed E-state index contributed by atoms with van der Waals surface area (Å²) in [6, 6.07) is 6.42. The number of rotatable bonds is 2. The molecule has 0 fully saturated rings. The molecule has 0 spiro atoms. The molecule has 0 aliphatic rings. The second-order valence-electron chi connectivity index (χ2n) is 3.14. The van der Waals surface area contributed by atoms with Crippen molar-refractivity contribution in [3.8, 4) is 11.3 Å². The van der Waals surface area contributed by atoms with Crippen molar-refractivity contribution >= 4 is 21.9 Å². The zero-order valence-corrected chi connectivity index (χ0v) is 10.1. The van der Waals surface area contributed by atoms with Crippen molar-refractivity contribution < 1.29 is 4.39 Å². The van der Waals surface area contributed by atoms with E-state index in [1.54, 1.807) is 31.4 Å². The average molecular weight is 282 g/mol. The number of halogens is 2. The molecule has 2 aromatic rings. The van der Waals surface area contributed by atoms with Gasteiger partial charge in [0.1, 0.15) is 5.82 Å². The molecule has 5 heteroatoms. The molecule has 0 radical (unpaired) electrons. The quantitative estimate of drug-likeness (QED) is 0.919. The van der Waals surface area contributed by atoms with E-state index in [0.29, 0.717) is 17.2 Å². The van der Waals surface area contributed by atoms with Crippen LogP contribution in [0.4, 0.5) is 10.3 Å². The van der Waals surface area contributed by atoms with E-state index >= 15 is 0 Å². The highest BCUT2D eigenvalue weighted by Crippen LogP contribution is 2.24. The molecule has 0 aliphatic carbocycles. The first-order chi connectivity index (χ1) is 7.70. The van der Waals surface area contributed by atoms with Crippen LogP contribution in [0.25, 0.3) is 11.3 Å². The summed E-state index contributed by atoms with van der Waals surface area (Å²) in [5.41, 5.74) is 1.01. The highest BCUT2D eigenvalue weighted by Gasteiger charge is 2.07. The van der Waals surface area contributed by atoms with Gasteiger partial charge < -0.3 is 5.32 Å². The van der Waals surface area contributed by atoms with Crippen molar-refractivity contribution in [2.75, 3.05) is 12.4 Å². The maximum absolute atomic E-state index is 13.6. The normalized spacial score (nSPS) is 10.2. The maximum atomic E-state index is 13.6. The predicted molar refractivity (Wildman–Crippen MR) is 64.7 cm³/mol. The van der Waals surface area contributed by atoms with Gasteiger partial charge in [-0.05, 0) is 24.3 Å². The maximum Gasteiger partial charge on any atom is 0.222 e. The Morgan fingerprint density at radius 2 is 2.12 bits per heavy atom. The van der Waals surface area contributed by atoms with Gasteiger partial charge in [0, 0.05) is 23.3 Å². The van der Waals surface area contributed by atoms with Crippen molar-refractivity contribution in [1.29, 1.82) is 0 Å². The molecule has 82 valence electrons. The van der Waals surface area contributed by atoms with E-state index < -0.39 is 0 Å². The Morgan fingerprint density at radius 3 is 2.88 bits per heavy atom. The Hall–Kier alpha value is -1.49. The van der Waals surface area contributed by atoms with Gasteiger partial charge in [-0.3, -0.25) is 0 Å². The van der Waals surface area contributed by atoms with E-state index in [-0.39, 0.29) is 5.82 Å². The number of hydrogen-bond donors (Lipinski definition) is 1. The molecule has 1 N–H and O–H groups in total. The molecule has 0 atom stereocenters. The Kier molecular flexibility index (Phi) is 3.14. The molecule has 3 nitrogen and oxygen atoms in total. The fraction of sp³-hybridized carbons (Fsp3) is 0.0909. The lowest BCUT2D eigenvalue weighted by Crippen LogP contribution is -1.97. The van der Waals surface area contributed by atoms with E-state index in [0.717, 1.165) is 4.47 Å². The minimum Gasteiger partial charge on any atom is -0.357 e. The van der Waals surface area contributed by atoms with E-state index in [1.807, 2.05) is 0 Å². The molecule has 0 saturated carbocycles. The lowest BCUT2D eigenvalue weighted by atomic mass is 10.1. The highest BCUT2D eigenvalue weighted by atomic mass is 79.9. The Labute approximate surface area is 101 Å². The van der Waals surface area contributed by atoms with Crippen molar-refractivity contribution in [3.63, 3.8) is 0 Å². The van der Waals surface area contributed by atoms with Crippen molar-refractivity contribution in [1.82, 2.24) is 9.97 Å². The largest absolute Gasteiger partial charge is 0.357 e. The molecule has 0 bridgehead atoms. The fourth-order valence-corrected chi connectivity index (χ4v) is 1.68. The number of hydrogen-bond acceptors (Lipinski definition) is 3. The number of nitrogens with one attached hydrogen (secondary N) is 1. The third-order valence-corrected chi connectivity index (χ3v) is 2.58. The van der Waals surface area contributed by atoms with E-state index in [1.165, 1.54) is 6.07 Å². The Balaban J connectivity index is 2.53. The molecular formula is C11H9BrFN3. The van der Waals surface area contributed by atoms with Crippen LogP contribution in [0.2, 0.25) is 0 Å². The van der Waals surface area contributed by atoms with E-state index in [4.69, 9.17) is 0 Å². The van der Waals surface area contributed by atoms with Crippen LogP contribution in [0.1, 0.15) is 0 Å². The zero-order valence-electron chi connectivity index (χ0n) is 8.54. The number of aromatic nitrogens is 2. The Bertz CT molecular complexity index is 516. The van der Waals surface area contributed by atoms with Gasteiger partial charge in [-0.1, -0.05) is 15.9 Å². The second kappa shape index (κ2) is 4.57. The minimum atomic E-state index is -0.302. The van der Waals surface area contributed by atoms with Crippen LogP contribution in [-0.4, -0.2) is 17.0 Å². The van der Waals surface area contributed by atoms with Gasteiger partial charge in [-0.25, -0.2) is 14.4 Å². The standard InChI is InChI=1S/C11H9BrFN3/c1-14-11-15-5-4-10(16-11)8-6-7(12)2-3-9(8)13/h2-6H,1H3,(H,14,15,16). The number of anilines is 1. The first-order valence-electron chi connectivity index (χ1n) is 4.67. The summed E-state index contributed by atoms with van der Waals surface area (Å²) in [6.45, 7) is 0. The summed E-state index contributed by atoms with van der Waals surface area (Å²) >= 11 is 3.30. The minimum absolute atomic E-state index is 0.302. The molecule has 1 heterocycles. The van der Waals surface area contributed by atoms with Crippen molar-refractivity contribution in [3.05, 3.63) is 40.8 Å². The molecule has 1 aromatic carbocycles. The summed E-state index contributed by atoms with van der Waals surface area (Å²) in [6.07, 6.45) is 1.59. The summed E-state index contributed by atoms with van der Waals surface area (Å²) in [4.78, 5) is 8.16. The molecule has 0 aliphatic heterocycles. The van der Waals surface area contributed by atoms with Gasteiger partial charge in [0.2, 0.25) is 5.95 Å². The molecule has 1 aromatic heterocycles. The average Bonchev–Trinajstić information content (AvgIpc) is 2.32. The van der Waals surface area contributed by atoms with Crippen LogP contribution in [0.3, 0.4) is 0 Å². The Morgan fingerprint density at radius 1 is 1.31 bits per heavy atom. The molecule has 0 amide bonds. The van der Waals surface area contributed by atoms with Crippen LogP contribution >= 0.6 is 15.9 Å². The van der Waals surface area contributed by atoms with Gasteiger partial charge in [0.15, 0.2) is 0 Å². The van der Waals surface area contributed by atoms with Gasteiger partial charge in [-0.15, -0.1) is 0 Å². The van der Waals surface area contributed by atoms with E-state index in [2.05, 4.69) is 31.2 Å². The number of benzene rings is 1. The van der Waals surface area contributed by atoms with Crippen LogP contribution in [0.5, 0.6) is 0 Å². The monoisotopic (exact) mass is 281 g/mol. The van der Waals surface area contributed by atoms with Crippen LogP contribution < -0.4 is 5.32 Å². The lowest BCUT2D eigenvalue weighted by Gasteiger charge is -2.04. The highest BCUT2D eigenvalue weighted by molar-refractivity contribution is 9.10. The van der Waals surface area contributed by atoms with Gasteiger partial charge in [-0.2, -0.15) is 0 Å². The zero-order chi connectivity index (χ0) is 11.5. The van der Waals surface area contributed by atoms with Crippen molar-refractivity contribution in [2.45, 2.75) is 0 Å². The summed E-state index contributed by atoms with van der Waals surface area (Å²) < 4.78 is 14.4. The molecule has 0 unspecified atom stereocenters. The number of nitrogens with zero attached hydrogens (tertiary/aromatic N) is 2. The van der Waals surface area contributed by atoms with Crippen LogP contribution in [-0.2, 0) is 0 Å². The van der Waals surface area contributed by atoms with Crippen LogP contribution in [0.15, 0.2) is 34.9 Å². The fourth-order valence-electron chi connectivity index (χ4n) is 1.32. The third-order valence-electron chi connectivity index (χ3n) is 2.08. The van der Waals surface area contributed by atoms with Gasteiger partial charge in [0.05, 0.1) is 5.69 Å². The SMILES string of the molecule is CNc1nccc(-c2cc(Br)ccc2F)n1. The summed E-state index contributed by atoms with van der Waals surface area (Å²) in [7, 11) is 1.72. The van der Waals surface area contributed by atoms with Gasteiger partial charge >= 0.3 is 0 Å². The van der Waals surface area contributed by atoms with Crippen molar-refractivity contribution in [2.24, 2.45) is 0 Å². The summed E-state index contributed by atoms with van der Waals surface area (Å²) in [5.74, 6) is 0.167. The topological polar surface area (TPSA) is 37.8 Å². The first kappa shape index (κ1) is 11.0. The lowest BCUT2D eigenvalue weighted by molar-refractivity contribution is 0.630. The van der Waals surface area contributed by atoms with E-state index in [9.17, 15) is 4.39 Å². The molecular weight excluding hydrogens is 273 g/mol. The predicted octanol–water partition coefficient (Wildman–Crippen LogP) is 3.09. The molecule has 16 heavy (non-hydrogen) atoms. The first-order valence-corrected chi connectivity index (χ1v) is 5.46. The van der Waals surface area contributed by atoms with Crippen LogP contribution in [0, 0.1) is 5.82 Å². The summed E-state index contributed by atoms with van der Waals surface area (Å²) in [5, 5.41) is 2.81. The smallest absolute Gasteiger partial charge is 0.222 e.